The van der Waals surface area contributed by atoms with E-state index in [-0.39, 0.29) is 31.1 Å². The molecule has 0 aliphatic carbocycles. The van der Waals surface area contributed by atoms with Gasteiger partial charge in [0.25, 0.3) is 0 Å². The van der Waals surface area contributed by atoms with Gasteiger partial charge >= 0.3 is 17.9 Å². The van der Waals surface area contributed by atoms with Crippen LogP contribution in [-0.4, -0.2) is 37.2 Å². The average Bonchev–Trinajstić information content (AvgIpc) is 3.27. The molecule has 374 valence electrons. The van der Waals surface area contributed by atoms with E-state index in [0.29, 0.717) is 19.3 Å². The molecule has 0 saturated carbocycles. The number of unbranched alkanes of at least 4 members (excludes halogenated alkanes) is 39. The predicted molar refractivity (Wildman–Crippen MR) is 270 cm³/mol. The van der Waals surface area contributed by atoms with Gasteiger partial charge in [-0.15, -0.1) is 0 Å². The molecule has 0 saturated heterocycles. The summed E-state index contributed by atoms with van der Waals surface area (Å²) in [5.74, 6) is -0.0106. The van der Waals surface area contributed by atoms with Gasteiger partial charge in [-0.25, -0.2) is 0 Å². The summed E-state index contributed by atoms with van der Waals surface area (Å²) < 4.78 is 16.9. The van der Waals surface area contributed by atoms with Crippen molar-refractivity contribution in [1.82, 2.24) is 0 Å². The van der Waals surface area contributed by atoms with Gasteiger partial charge in [-0.1, -0.05) is 285 Å². The summed E-state index contributed by atoms with van der Waals surface area (Å²) in [7, 11) is 0. The first-order chi connectivity index (χ1) is 30.9. The van der Waals surface area contributed by atoms with E-state index in [0.717, 1.165) is 63.7 Å². The molecular weight excluding hydrogens is 781 g/mol. The third-order valence-electron chi connectivity index (χ3n) is 13.0. The second-order valence-corrected chi connectivity index (χ2v) is 20.1. The standard InChI is InChI=1S/C57H110O6/c1-5-7-9-11-13-15-17-19-20-21-22-23-25-29-34-38-42-46-50-57(60)63-54(51-61-55(58)48-44-40-36-32-28-24-18-16-14-12-10-8-6-2)52-62-56(59)49-45-41-37-33-30-26-27-31-35-39-43-47-53(3)4/h53-54H,5-52H2,1-4H3/t54-/m0/s1. The largest absolute Gasteiger partial charge is 0.462 e. The van der Waals surface area contributed by atoms with Crippen LogP contribution in [0.15, 0.2) is 0 Å². The Morgan fingerprint density at radius 1 is 0.302 bits per heavy atom. The highest BCUT2D eigenvalue weighted by Gasteiger charge is 2.19. The van der Waals surface area contributed by atoms with E-state index in [9.17, 15) is 14.4 Å². The third kappa shape index (κ3) is 51.3. The second-order valence-electron chi connectivity index (χ2n) is 20.1. The number of carbonyl (C=O) groups is 3. The van der Waals surface area contributed by atoms with Gasteiger partial charge in [0.15, 0.2) is 6.10 Å². The Bertz CT molecular complexity index is 949. The highest BCUT2D eigenvalue weighted by molar-refractivity contribution is 5.71. The Labute approximate surface area is 393 Å². The van der Waals surface area contributed by atoms with Crippen molar-refractivity contribution in [1.29, 1.82) is 0 Å². The zero-order valence-electron chi connectivity index (χ0n) is 43.0. The maximum atomic E-state index is 12.8. The van der Waals surface area contributed by atoms with Gasteiger partial charge in [0, 0.05) is 19.3 Å². The first-order valence-electron chi connectivity index (χ1n) is 28.4. The van der Waals surface area contributed by atoms with Gasteiger partial charge in [-0.05, 0) is 25.2 Å². The van der Waals surface area contributed by atoms with Crippen LogP contribution in [0.2, 0.25) is 0 Å². The molecular formula is C57H110O6. The fraction of sp³-hybridized carbons (Fsp3) is 0.947. The number of hydrogen-bond donors (Lipinski definition) is 0. The average molecular weight is 892 g/mol. The van der Waals surface area contributed by atoms with E-state index in [1.807, 2.05) is 0 Å². The normalized spacial score (nSPS) is 12.0. The lowest BCUT2D eigenvalue weighted by atomic mass is 10.0. The molecule has 0 aromatic rings. The maximum Gasteiger partial charge on any atom is 0.306 e. The van der Waals surface area contributed by atoms with Crippen molar-refractivity contribution in [2.75, 3.05) is 13.2 Å². The van der Waals surface area contributed by atoms with Crippen LogP contribution < -0.4 is 0 Å². The summed E-state index contributed by atoms with van der Waals surface area (Å²) in [5.41, 5.74) is 0. The van der Waals surface area contributed by atoms with Crippen molar-refractivity contribution in [3.63, 3.8) is 0 Å². The number of rotatable bonds is 52. The van der Waals surface area contributed by atoms with Crippen LogP contribution in [0.5, 0.6) is 0 Å². The van der Waals surface area contributed by atoms with Gasteiger partial charge in [0.2, 0.25) is 0 Å². The minimum atomic E-state index is -0.761. The van der Waals surface area contributed by atoms with Gasteiger partial charge < -0.3 is 14.2 Å². The first-order valence-corrected chi connectivity index (χ1v) is 28.4. The Morgan fingerprint density at radius 2 is 0.524 bits per heavy atom. The summed E-state index contributed by atoms with van der Waals surface area (Å²) >= 11 is 0. The van der Waals surface area contributed by atoms with Crippen molar-refractivity contribution in [3.05, 3.63) is 0 Å². The van der Waals surface area contributed by atoms with E-state index >= 15 is 0 Å². The van der Waals surface area contributed by atoms with Gasteiger partial charge in [-0.2, -0.15) is 0 Å². The van der Waals surface area contributed by atoms with Crippen LogP contribution in [0.1, 0.15) is 323 Å². The molecule has 0 N–H and O–H groups in total. The fourth-order valence-corrected chi connectivity index (χ4v) is 8.75. The highest BCUT2D eigenvalue weighted by Crippen LogP contribution is 2.18. The summed E-state index contributed by atoms with van der Waals surface area (Å²) in [6.07, 6.45) is 55.2. The summed E-state index contributed by atoms with van der Waals surface area (Å²) in [4.78, 5) is 38.1. The molecule has 0 heterocycles. The number of esters is 3. The van der Waals surface area contributed by atoms with Crippen LogP contribution >= 0.6 is 0 Å². The van der Waals surface area contributed by atoms with Crippen molar-refractivity contribution >= 4 is 17.9 Å². The Balaban J connectivity index is 4.29. The zero-order chi connectivity index (χ0) is 45.9. The number of hydrogen-bond acceptors (Lipinski definition) is 6. The van der Waals surface area contributed by atoms with Gasteiger partial charge in [-0.3, -0.25) is 14.4 Å². The Hall–Kier alpha value is -1.59. The quantitative estimate of drug-likeness (QED) is 0.0344. The molecule has 0 rings (SSSR count). The second kappa shape index (κ2) is 51.4. The van der Waals surface area contributed by atoms with Crippen molar-refractivity contribution < 1.29 is 28.6 Å². The molecule has 0 amide bonds. The third-order valence-corrected chi connectivity index (χ3v) is 13.0. The number of carbonyl (C=O) groups excluding carboxylic acids is 3. The van der Waals surface area contributed by atoms with E-state index in [4.69, 9.17) is 14.2 Å². The Kier molecular flexibility index (Phi) is 50.1. The predicted octanol–water partition coefficient (Wildman–Crippen LogP) is 18.6. The Morgan fingerprint density at radius 3 is 0.778 bits per heavy atom. The van der Waals surface area contributed by atoms with Gasteiger partial charge in [0.05, 0.1) is 0 Å². The molecule has 0 aliphatic heterocycles. The molecule has 0 bridgehead atoms. The minimum absolute atomic E-state index is 0.0621. The molecule has 0 aromatic heterocycles. The van der Waals surface area contributed by atoms with Crippen LogP contribution in [0, 0.1) is 5.92 Å². The number of ether oxygens (including phenoxy) is 3. The van der Waals surface area contributed by atoms with Crippen LogP contribution in [0.25, 0.3) is 0 Å². The molecule has 0 fully saturated rings. The van der Waals surface area contributed by atoms with E-state index in [1.54, 1.807) is 0 Å². The fourth-order valence-electron chi connectivity index (χ4n) is 8.75. The lowest BCUT2D eigenvalue weighted by Crippen LogP contribution is -2.30. The lowest BCUT2D eigenvalue weighted by molar-refractivity contribution is -0.167. The summed E-state index contributed by atoms with van der Waals surface area (Å²) in [5, 5.41) is 0. The minimum Gasteiger partial charge on any atom is -0.462 e. The molecule has 0 unspecified atom stereocenters. The SMILES string of the molecule is CCCCCCCCCCCCCCCCCCCCC(=O)O[C@@H](COC(=O)CCCCCCCCCCCCCCC)COC(=O)CCCCCCCCCCCCCC(C)C. The van der Waals surface area contributed by atoms with Gasteiger partial charge in [0.1, 0.15) is 13.2 Å². The lowest BCUT2D eigenvalue weighted by Gasteiger charge is -2.18. The molecule has 1 atom stereocenters. The van der Waals surface area contributed by atoms with Crippen molar-refractivity contribution in [2.45, 2.75) is 329 Å². The van der Waals surface area contributed by atoms with E-state index < -0.39 is 6.10 Å². The summed E-state index contributed by atoms with van der Waals surface area (Å²) in [6.45, 7) is 9.05. The maximum absolute atomic E-state index is 12.8. The van der Waals surface area contributed by atoms with E-state index in [2.05, 4.69) is 27.7 Å². The molecule has 6 heteroatoms. The van der Waals surface area contributed by atoms with Crippen molar-refractivity contribution in [3.8, 4) is 0 Å². The molecule has 0 radical (unpaired) electrons. The van der Waals surface area contributed by atoms with Crippen molar-refractivity contribution in [2.24, 2.45) is 5.92 Å². The molecule has 63 heavy (non-hydrogen) atoms. The van der Waals surface area contributed by atoms with Crippen LogP contribution in [0.4, 0.5) is 0 Å². The topological polar surface area (TPSA) is 78.9 Å². The first kappa shape index (κ1) is 61.4. The van der Waals surface area contributed by atoms with Crippen LogP contribution in [-0.2, 0) is 28.6 Å². The smallest absolute Gasteiger partial charge is 0.306 e. The van der Waals surface area contributed by atoms with Crippen LogP contribution in [0.3, 0.4) is 0 Å². The molecule has 0 aromatic carbocycles. The molecule has 0 aliphatic rings. The van der Waals surface area contributed by atoms with E-state index in [1.165, 1.54) is 218 Å². The highest BCUT2D eigenvalue weighted by atomic mass is 16.6. The monoisotopic (exact) mass is 891 g/mol. The molecule has 0 spiro atoms. The summed E-state index contributed by atoms with van der Waals surface area (Å²) in [6, 6.07) is 0. The molecule has 6 nitrogen and oxygen atoms in total. The zero-order valence-corrected chi connectivity index (χ0v) is 43.0.